The molecule has 0 atom stereocenters. The fourth-order valence-electron chi connectivity index (χ4n) is 3.64. The van der Waals surface area contributed by atoms with Gasteiger partial charge in [-0.1, -0.05) is 30.3 Å². The van der Waals surface area contributed by atoms with Crippen LogP contribution in [0.4, 0.5) is 5.69 Å². The average Bonchev–Trinajstić information content (AvgIpc) is 2.96. The van der Waals surface area contributed by atoms with Gasteiger partial charge in [-0.3, -0.25) is 24.1 Å². The van der Waals surface area contributed by atoms with Gasteiger partial charge in [-0.25, -0.2) is 0 Å². The van der Waals surface area contributed by atoms with E-state index in [0.29, 0.717) is 17.7 Å². The van der Waals surface area contributed by atoms with Crippen LogP contribution in [0.1, 0.15) is 32.7 Å². The summed E-state index contributed by atoms with van der Waals surface area (Å²) in [6.45, 7) is 0.0106. The Morgan fingerprint density at radius 3 is 2.29 bits per heavy atom. The molecule has 28 heavy (non-hydrogen) atoms. The highest BCUT2D eigenvalue weighted by Gasteiger charge is 2.36. The molecule has 1 N–H and O–H groups in total. The van der Waals surface area contributed by atoms with Crippen molar-refractivity contribution < 1.29 is 19.2 Å². The van der Waals surface area contributed by atoms with E-state index < -0.39 is 24.3 Å². The number of benzene rings is 2. The van der Waals surface area contributed by atoms with Crippen LogP contribution in [0.15, 0.2) is 48.5 Å². The number of amides is 4. The third-order valence-corrected chi connectivity index (χ3v) is 5.03. The molecule has 2 aromatic carbocycles. The molecule has 0 fully saturated rings. The van der Waals surface area contributed by atoms with Gasteiger partial charge in [0.05, 0.1) is 17.7 Å². The van der Waals surface area contributed by atoms with Crippen molar-refractivity contribution >= 4 is 29.3 Å². The van der Waals surface area contributed by atoms with E-state index in [-0.39, 0.29) is 12.5 Å². The van der Waals surface area contributed by atoms with Crippen LogP contribution in [0.25, 0.3) is 0 Å². The number of anilines is 1. The van der Waals surface area contributed by atoms with E-state index in [0.717, 1.165) is 29.0 Å². The Morgan fingerprint density at radius 1 is 0.929 bits per heavy atom. The van der Waals surface area contributed by atoms with Crippen molar-refractivity contribution in [1.29, 1.82) is 0 Å². The van der Waals surface area contributed by atoms with Crippen LogP contribution in [-0.4, -0.2) is 48.2 Å². The zero-order valence-electron chi connectivity index (χ0n) is 15.2. The molecule has 2 aromatic rings. The van der Waals surface area contributed by atoms with Crippen molar-refractivity contribution in [2.45, 2.75) is 12.8 Å². The number of carbonyl (C=O) groups is 4. The Bertz CT molecular complexity index is 950. The molecule has 0 bridgehead atoms. The Hall–Kier alpha value is -3.48. The highest BCUT2D eigenvalue weighted by molar-refractivity contribution is 6.22. The number of nitrogens with zero attached hydrogens (tertiary/aromatic N) is 2. The van der Waals surface area contributed by atoms with Crippen LogP contribution < -0.4 is 10.2 Å². The Balaban J connectivity index is 1.36. The van der Waals surface area contributed by atoms with E-state index in [1.165, 1.54) is 0 Å². The van der Waals surface area contributed by atoms with Gasteiger partial charge in [0.15, 0.2) is 0 Å². The zero-order valence-corrected chi connectivity index (χ0v) is 15.2. The summed E-state index contributed by atoms with van der Waals surface area (Å²) in [5.74, 6) is -1.75. The normalized spacial score (nSPS) is 15.3. The lowest BCUT2D eigenvalue weighted by molar-refractivity contribution is -0.125. The number of hydrogen-bond acceptors (Lipinski definition) is 4. The molecule has 0 saturated heterocycles. The minimum atomic E-state index is -0.548. The maximum atomic E-state index is 12.6. The van der Waals surface area contributed by atoms with E-state index in [9.17, 15) is 19.2 Å². The molecule has 4 amide bonds. The van der Waals surface area contributed by atoms with E-state index in [2.05, 4.69) is 5.32 Å². The maximum absolute atomic E-state index is 12.6. The first-order chi connectivity index (χ1) is 13.6. The van der Waals surface area contributed by atoms with E-state index in [1.807, 2.05) is 24.3 Å². The second-order valence-electron chi connectivity index (χ2n) is 6.80. The molecule has 142 valence electrons. The van der Waals surface area contributed by atoms with Crippen molar-refractivity contribution in [2.24, 2.45) is 0 Å². The molecule has 0 spiro atoms. The van der Waals surface area contributed by atoms with Crippen molar-refractivity contribution in [3.8, 4) is 0 Å². The number of aryl methyl sites for hydroxylation is 1. The van der Waals surface area contributed by atoms with Crippen LogP contribution in [0.2, 0.25) is 0 Å². The fraction of sp³-hybridized carbons (Fsp3) is 0.238. The van der Waals surface area contributed by atoms with E-state index in [1.54, 1.807) is 29.2 Å². The van der Waals surface area contributed by atoms with Gasteiger partial charge in [0.1, 0.15) is 6.54 Å². The average molecular weight is 377 g/mol. The SMILES string of the molecule is O=C(CN1C(=O)c2ccccc2C1=O)NCC(=O)N1CCCc2ccccc21. The zero-order chi connectivity index (χ0) is 19.7. The molecule has 2 aliphatic rings. The second-order valence-corrected chi connectivity index (χ2v) is 6.80. The first-order valence-corrected chi connectivity index (χ1v) is 9.16. The molecule has 2 heterocycles. The highest BCUT2D eigenvalue weighted by Crippen LogP contribution is 2.26. The number of nitrogens with one attached hydrogen (secondary N) is 1. The summed E-state index contributed by atoms with van der Waals surface area (Å²) in [5, 5.41) is 2.53. The predicted octanol–water partition coefficient (Wildman–Crippen LogP) is 1.38. The number of imide groups is 1. The second kappa shape index (κ2) is 7.26. The number of hydrogen-bond donors (Lipinski definition) is 1. The van der Waals surface area contributed by atoms with Crippen LogP contribution in [0.3, 0.4) is 0 Å². The van der Waals surface area contributed by atoms with Crippen molar-refractivity contribution in [2.75, 3.05) is 24.5 Å². The summed E-state index contributed by atoms with van der Waals surface area (Å²) in [4.78, 5) is 52.0. The van der Waals surface area contributed by atoms with Crippen LogP contribution in [0.5, 0.6) is 0 Å². The smallest absolute Gasteiger partial charge is 0.262 e. The van der Waals surface area contributed by atoms with Gasteiger partial charge in [-0.15, -0.1) is 0 Å². The molecule has 0 saturated carbocycles. The lowest BCUT2D eigenvalue weighted by atomic mass is 10.0. The maximum Gasteiger partial charge on any atom is 0.262 e. The van der Waals surface area contributed by atoms with Gasteiger partial charge < -0.3 is 10.2 Å². The molecular weight excluding hydrogens is 358 g/mol. The summed E-state index contributed by atoms with van der Waals surface area (Å²) in [7, 11) is 0. The molecular formula is C21H19N3O4. The lowest BCUT2D eigenvalue weighted by Crippen LogP contribution is -2.46. The summed E-state index contributed by atoms with van der Waals surface area (Å²) in [5.41, 5.74) is 2.57. The molecule has 0 unspecified atom stereocenters. The first-order valence-electron chi connectivity index (χ1n) is 9.16. The molecule has 7 nitrogen and oxygen atoms in total. The third kappa shape index (κ3) is 3.15. The molecule has 0 aromatic heterocycles. The topological polar surface area (TPSA) is 86.8 Å². The summed E-state index contributed by atoms with van der Waals surface area (Å²) in [6, 6.07) is 14.2. The van der Waals surface area contributed by atoms with Gasteiger partial charge >= 0.3 is 0 Å². The lowest BCUT2D eigenvalue weighted by Gasteiger charge is -2.29. The minimum Gasteiger partial charge on any atom is -0.345 e. The Kier molecular flexibility index (Phi) is 4.65. The molecule has 2 aliphatic heterocycles. The van der Waals surface area contributed by atoms with Crippen LogP contribution >= 0.6 is 0 Å². The minimum absolute atomic E-state index is 0.184. The van der Waals surface area contributed by atoms with Gasteiger partial charge in [-0.05, 0) is 36.6 Å². The van der Waals surface area contributed by atoms with Crippen LogP contribution in [-0.2, 0) is 16.0 Å². The Morgan fingerprint density at radius 2 is 1.57 bits per heavy atom. The quantitative estimate of drug-likeness (QED) is 0.816. The third-order valence-electron chi connectivity index (χ3n) is 5.03. The summed E-state index contributed by atoms with van der Waals surface area (Å²) >= 11 is 0. The van der Waals surface area contributed by atoms with Crippen molar-refractivity contribution in [3.05, 3.63) is 65.2 Å². The van der Waals surface area contributed by atoms with E-state index in [4.69, 9.17) is 0 Å². The van der Waals surface area contributed by atoms with Crippen LogP contribution in [0, 0.1) is 0 Å². The first kappa shape index (κ1) is 17.9. The largest absolute Gasteiger partial charge is 0.345 e. The molecule has 0 radical (unpaired) electrons. The number of para-hydroxylation sites is 1. The number of rotatable bonds is 4. The predicted molar refractivity (Wildman–Crippen MR) is 102 cm³/mol. The molecule has 7 heteroatoms. The molecule has 0 aliphatic carbocycles. The van der Waals surface area contributed by atoms with Gasteiger partial charge in [0, 0.05) is 12.2 Å². The van der Waals surface area contributed by atoms with Crippen molar-refractivity contribution in [1.82, 2.24) is 10.2 Å². The fourth-order valence-corrected chi connectivity index (χ4v) is 3.64. The summed E-state index contributed by atoms with van der Waals surface area (Å²) < 4.78 is 0. The standard InChI is InChI=1S/C21H19N3O4/c25-18(13-24-20(27)15-8-2-3-9-16(15)21(24)28)22-12-19(26)23-11-5-7-14-6-1-4-10-17(14)23/h1-4,6,8-10H,5,7,11-13H2,(H,22,25). The molecule has 4 rings (SSSR count). The monoisotopic (exact) mass is 377 g/mol. The number of fused-ring (bicyclic) bond motifs is 2. The Labute approximate surface area is 161 Å². The summed E-state index contributed by atoms with van der Waals surface area (Å²) in [6.07, 6.45) is 1.79. The van der Waals surface area contributed by atoms with Gasteiger partial charge in [0.25, 0.3) is 11.8 Å². The van der Waals surface area contributed by atoms with Gasteiger partial charge in [-0.2, -0.15) is 0 Å². The van der Waals surface area contributed by atoms with Gasteiger partial charge in [0.2, 0.25) is 11.8 Å². The van der Waals surface area contributed by atoms with E-state index >= 15 is 0 Å². The highest BCUT2D eigenvalue weighted by atomic mass is 16.2. The number of carbonyl (C=O) groups excluding carboxylic acids is 4. The van der Waals surface area contributed by atoms with Crippen molar-refractivity contribution in [3.63, 3.8) is 0 Å².